The maximum atomic E-state index is 9.66. The molecular formula is C12H18BrNO2. The third kappa shape index (κ3) is 2.06. The standard InChI is InChI=1S/C12H18BrNO2/c1-7(8-4-5-11(13)16-8)14-9-6-10(15)12(9,2)3/h4-5,7,9-10,14-15H,6H2,1-3H3. The first kappa shape index (κ1) is 12.1. The number of hydrogen-bond donors (Lipinski definition) is 2. The van der Waals surface area contributed by atoms with Gasteiger partial charge in [0.15, 0.2) is 4.67 Å². The quantitative estimate of drug-likeness (QED) is 0.899. The van der Waals surface area contributed by atoms with E-state index in [1.807, 2.05) is 12.1 Å². The van der Waals surface area contributed by atoms with E-state index in [4.69, 9.17) is 4.42 Å². The zero-order valence-corrected chi connectivity index (χ0v) is 11.4. The van der Waals surface area contributed by atoms with Crippen molar-refractivity contribution in [2.45, 2.75) is 45.4 Å². The van der Waals surface area contributed by atoms with Crippen molar-refractivity contribution < 1.29 is 9.52 Å². The summed E-state index contributed by atoms with van der Waals surface area (Å²) < 4.78 is 6.26. The molecule has 0 radical (unpaired) electrons. The van der Waals surface area contributed by atoms with Crippen LogP contribution in [0.1, 0.15) is 39.0 Å². The Bertz CT molecular complexity index is 375. The highest BCUT2D eigenvalue weighted by atomic mass is 79.9. The van der Waals surface area contributed by atoms with Gasteiger partial charge in [-0.3, -0.25) is 0 Å². The summed E-state index contributed by atoms with van der Waals surface area (Å²) in [5, 5.41) is 13.2. The maximum absolute atomic E-state index is 9.66. The van der Waals surface area contributed by atoms with E-state index in [1.165, 1.54) is 0 Å². The van der Waals surface area contributed by atoms with Crippen molar-refractivity contribution in [2.24, 2.45) is 5.41 Å². The Hall–Kier alpha value is -0.320. The fourth-order valence-electron chi connectivity index (χ4n) is 2.13. The second kappa shape index (κ2) is 4.17. The molecule has 0 amide bonds. The number of aliphatic hydroxyl groups is 1. The lowest BCUT2D eigenvalue weighted by molar-refractivity contribution is -0.0760. The highest BCUT2D eigenvalue weighted by Crippen LogP contribution is 2.41. The molecule has 1 aliphatic carbocycles. The van der Waals surface area contributed by atoms with Crippen LogP contribution in [0.2, 0.25) is 0 Å². The minimum absolute atomic E-state index is 0.0436. The number of furan rings is 1. The summed E-state index contributed by atoms with van der Waals surface area (Å²) in [5.41, 5.74) is -0.0436. The van der Waals surface area contributed by atoms with Gasteiger partial charge in [0, 0.05) is 11.5 Å². The largest absolute Gasteiger partial charge is 0.453 e. The van der Waals surface area contributed by atoms with Crippen molar-refractivity contribution in [3.8, 4) is 0 Å². The molecule has 16 heavy (non-hydrogen) atoms. The van der Waals surface area contributed by atoms with Gasteiger partial charge in [0.05, 0.1) is 12.1 Å². The smallest absolute Gasteiger partial charge is 0.169 e. The normalized spacial score (nSPS) is 29.8. The van der Waals surface area contributed by atoms with Crippen LogP contribution in [0, 0.1) is 5.41 Å². The minimum atomic E-state index is -0.194. The molecule has 90 valence electrons. The first-order valence-electron chi connectivity index (χ1n) is 5.60. The predicted molar refractivity (Wildman–Crippen MR) is 66.2 cm³/mol. The van der Waals surface area contributed by atoms with Crippen LogP contribution in [-0.2, 0) is 0 Å². The molecule has 1 fully saturated rings. The Morgan fingerprint density at radius 1 is 1.56 bits per heavy atom. The average Bonchev–Trinajstić information content (AvgIpc) is 2.64. The van der Waals surface area contributed by atoms with Crippen molar-refractivity contribution in [2.75, 3.05) is 0 Å². The predicted octanol–water partition coefficient (Wildman–Crippen LogP) is 2.85. The van der Waals surface area contributed by atoms with Crippen LogP contribution in [0.15, 0.2) is 21.2 Å². The Morgan fingerprint density at radius 3 is 2.69 bits per heavy atom. The van der Waals surface area contributed by atoms with Gasteiger partial charge in [0.2, 0.25) is 0 Å². The van der Waals surface area contributed by atoms with Gasteiger partial charge < -0.3 is 14.8 Å². The van der Waals surface area contributed by atoms with Gasteiger partial charge in [-0.1, -0.05) is 13.8 Å². The van der Waals surface area contributed by atoms with Crippen LogP contribution in [0.4, 0.5) is 0 Å². The highest BCUT2D eigenvalue weighted by Gasteiger charge is 2.47. The maximum Gasteiger partial charge on any atom is 0.169 e. The molecule has 1 saturated carbocycles. The summed E-state index contributed by atoms with van der Waals surface area (Å²) in [6.07, 6.45) is 0.625. The summed E-state index contributed by atoms with van der Waals surface area (Å²) in [7, 11) is 0. The number of hydrogen-bond acceptors (Lipinski definition) is 3. The van der Waals surface area contributed by atoms with E-state index >= 15 is 0 Å². The van der Waals surface area contributed by atoms with E-state index in [9.17, 15) is 5.11 Å². The second-order valence-electron chi connectivity index (χ2n) is 5.16. The number of rotatable bonds is 3. The highest BCUT2D eigenvalue weighted by molar-refractivity contribution is 9.10. The van der Waals surface area contributed by atoms with E-state index in [0.717, 1.165) is 16.9 Å². The van der Waals surface area contributed by atoms with E-state index in [0.29, 0.717) is 6.04 Å². The molecule has 0 saturated heterocycles. The van der Waals surface area contributed by atoms with Crippen LogP contribution >= 0.6 is 15.9 Å². The lowest BCUT2D eigenvalue weighted by atomic mass is 9.64. The fourth-order valence-corrected chi connectivity index (χ4v) is 2.45. The van der Waals surface area contributed by atoms with E-state index in [1.54, 1.807) is 0 Å². The third-order valence-electron chi connectivity index (χ3n) is 3.69. The first-order valence-corrected chi connectivity index (χ1v) is 6.40. The lowest BCUT2D eigenvalue weighted by Crippen LogP contribution is -2.60. The SMILES string of the molecule is CC(NC1CC(O)C1(C)C)c1ccc(Br)o1. The summed E-state index contributed by atoms with van der Waals surface area (Å²) >= 11 is 3.30. The molecule has 1 aliphatic rings. The van der Waals surface area contributed by atoms with Gasteiger partial charge in [-0.15, -0.1) is 0 Å². The van der Waals surface area contributed by atoms with Crippen molar-refractivity contribution in [1.29, 1.82) is 0 Å². The summed E-state index contributed by atoms with van der Waals surface area (Å²) in [5.74, 6) is 0.920. The number of halogens is 1. The molecule has 0 bridgehead atoms. The van der Waals surface area contributed by atoms with Gasteiger partial charge in [-0.25, -0.2) is 0 Å². The second-order valence-corrected chi connectivity index (χ2v) is 5.94. The van der Waals surface area contributed by atoms with E-state index in [-0.39, 0.29) is 17.6 Å². The summed E-state index contributed by atoms with van der Waals surface area (Å²) in [4.78, 5) is 0. The Morgan fingerprint density at radius 2 is 2.25 bits per heavy atom. The summed E-state index contributed by atoms with van der Waals surface area (Å²) in [6, 6.07) is 4.38. The van der Waals surface area contributed by atoms with E-state index in [2.05, 4.69) is 42.0 Å². The van der Waals surface area contributed by atoms with Crippen molar-refractivity contribution in [1.82, 2.24) is 5.32 Å². The van der Waals surface area contributed by atoms with Gasteiger partial charge in [0.1, 0.15) is 5.76 Å². The van der Waals surface area contributed by atoms with Crippen LogP contribution in [0.5, 0.6) is 0 Å². The van der Waals surface area contributed by atoms with Gasteiger partial charge in [-0.05, 0) is 41.4 Å². The van der Waals surface area contributed by atoms with Crippen molar-refractivity contribution in [3.05, 3.63) is 22.6 Å². The Kier molecular flexibility index (Phi) is 3.16. The van der Waals surface area contributed by atoms with Crippen LogP contribution in [0.25, 0.3) is 0 Å². The zero-order chi connectivity index (χ0) is 11.9. The van der Waals surface area contributed by atoms with Gasteiger partial charge >= 0.3 is 0 Å². The zero-order valence-electron chi connectivity index (χ0n) is 9.83. The lowest BCUT2D eigenvalue weighted by Gasteiger charge is -2.50. The van der Waals surface area contributed by atoms with Crippen LogP contribution in [0.3, 0.4) is 0 Å². The molecule has 0 aromatic carbocycles. The fraction of sp³-hybridized carbons (Fsp3) is 0.667. The molecule has 2 N–H and O–H groups in total. The van der Waals surface area contributed by atoms with Gasteiger partial charge in [-0.2, -0.15) is 0 Å². The Balaban J connectivity index is 1.96. The first-order chi connectivity index (χ1) is 7.41. The Labute approximate surface area is 104 Å². The van der Waals surface area contributed by atoms with E-state index < -0.39 is 0 Å². The summed E-state index contributed by atoms with van der Waals surface area (Å²) in [6.45, 7) is 6.25. The molecule has 1 aromatic rings. The van der Waals surface area contributed by atoms with Gasteiger partial charge in [0.25, 0.3) is 0 Å². The van der Waals surface area contributed by atoms with Crippen LogP contribution < -0.4 is 5.32 Å². The van der Waals surface area contributed by atoms with Crippen molar-refractivity contribution >= 4 is 15.9 Å². The number of aliphatic hydroxyl groups excluding tert-OH is 1. The molecule has 3 atom stereocenters. The molecule has 1 heterocycles. The molecule has 1 aromatic heterocycles. The van der Waals surface area contributed by atoms with Crippen LogP contribution in [-0.4, -0.2) is 17.3 Å². The topological polar surface area (TPSA) is 45.4 Å². The third-order valence-corrected chi connectivity index (χ3v) is 4.11. The monoisotopic (exact) mass is 287 g/mol. The molecule has 3 unspecified atom stereocenters. The molecule has 4 heteroatoms. The molecule has 0 aliphatic heterocycles. The van der Waals surface area contributed by atoms with Crippen molar-refractivity contribution in [3.63, 3.8) is 0 Å². The minimum Gasteiger partial charge on any atom is -0.453 e. The molecular weight excluding hydrogens is 270 g/mol. The molecule has 2 rings (SSSR count). The molecule has 0 spiro atoms. The average molecular weight is 288 g/mol. The number of nitrogens with one attached hydrogen (secondary N) is 1. The molecule has 3 nitrogen and oxygen atoms in total.